The molecule has 6 nitrogen and oxygen atoms in total. The maximum Gasteiger partial charge on any atom is 0.272 e. The zero-order chi connectivity index (χ0) is 19.3. The van der Waals surface area contributed by atoms with Gasteiger partial charge in [-0.3, -0.25) is 14.8 Å². The van der Waals surface area contributed by atoms with Gasteiger partial charge in [0.2, 0.25) is 0 Å². The molecule has 1 amide bonds. The van der Waals surface area contributed by atoms with Gasteiger partial charge in [0.1, 0.15) is 0 Å². The van der Waals surface area contributed by atoms with E-state index in [1.165, 1.54) is 12.0 Å². The number of hydrogen-bond donors (Lipinski definition) is 2. The maximum atomic E-state index is 12.5. The lowest BCUT2D eigenvalue weighted by Crippen LogP contribution is -2.45. The first-order valence-corrected chi connectivity index (χ1v) is 10.6. The number of carbonyl (C=O) groups excluding carboxylic acids is 1. The van der Waals surface area contributed by atoms with Crippen molar-refractivity contribution in [3.8, 4) is 0 Å². The van der Waals surface area contributed by atoms with Crippen LogP contribution in [0, 0.1) is 0 Å². The zero-order valence-corrected chi connectivity index (χ0v) is 16.8. The lowest BCUT2D eigenvalue weighted by Gasteiger charge is -2.34. The Hall–Kier alpha value is -2.18. The van der Waals surface area contributed by atoms with Crippen molar-refractivity contribution in [1.29, 1.82) is 0 Å². The van der Waals surface area contributed by atoms with Gasteiger partial charge in [-0.25, -0.2) is 0 Å². The fourth-order valence-electron chi connectivity index (χ4n) is 4.22. The molecule has 0 saturated carbocycles. The first kappa shape index (κ1) is 19.2. The number of likely N-dealkylation sites (N-methyl/N-ethyl adjacent to an activating group) is 1. The first-order valence-electron chi connectivity index (χ1n) is 10.6. The molecule has 6 heteroatoms. The number of H-pyrrole nitrogens is 1. The largest absolute Gasteiger partial charge is 0.347 e. The third kappa shape index (κ3) is 4.45. The number of carbonyl (C=O) groups is 1. The van der Waals surface area contributed by atoms with Gasteiger partial charge in [-0.15, -0.1) is 0 Å². The number of aryl methyl sites for hydroxylation is 1. The number of nitrogens with zero attached hydrogens (tertiary/aromatic N) is 3. The quantitative estimate of drug-likeness (QED) is 0.806. The summed E-state index contributed by atoms with van der Waals surface area (Å²) in [6.07, 6.45) is 4.28. The molecule has 1 aromatic heterocycles. The van der Waals surface area contributed by atoms with E-state index in [0.29, 0.717) is 12.2 Å². The number of amides is 1. The molecule has 1 aliphatic heterocycles. The van der Waals surface area contributed by atoms with Gasteiger partial charge in [0.25, 0.3) is 5.91 Å². The number of rotatable bonds is 6. The molecule has 0 atom stereocenters. The van der Waals surface area contributed by atoms with Crippen LogP contribution in [-0.4, -0.2) is 58.6 Å². The molecule has 0 unspecified atom stereocenters. The Balaban J connectivity index is 1.28. The van der Waals surface area contributed by atoms with Gasteiger partial charge in [0.05, 0.1) is 0 Å². The highest BCUT2D eigenvalue weighted by Crippen LogP contribution is 2.22. The van der Waals surface area contributed by atoms with E-state index in [4.69, 9.17) is 0 Å². The summed E-state index contributed by atoms with van der Waals surface area (Å²) in [5, 5.41) is 10.3. The number of aromatic nitrogens is 2. The monoisotopic (exact) mass is 381 g/mol. The molecule has 2 N–H and O–H groups in total. The number of fused-ring (bicyclic) bond motifs is 1. The number of nitrogens with one attached hydrogen (secondary N) is 2. The van der Waals surface area contributed by atoms with Crippen molar-refractivity contribution >= 4 is 5.91 Å². The molecule has 2 aromatic rings. The predicted octanol–water partition coefficient (Wildman–Crippen LogP) is 2.36. The third-order valence-electron chi connectivity index (χ3n) is 6.07. The second-order valence-electron chi connectivity index (χ2n) is 7.95. The van der Waals surface area contributed by atoms with E-state index in [2.05, 4.69) is 56.5 Å². The van der Waals surface area contributed by atoms with E-state index in [0.717, 1.165) is 75.4 Å². The van der Waals surface area contributed by atoms with Crippen LogP contribution in [-0.2, 0) is 25.9 Å². The van der Waals surface area contributed by atoms with Crippen LogP contribution in [0.15, 0.2) is 24.3 Å². The van der Waals surface area contributed by atoms with Crippen LogP contribution in [0.3, 0.4) is 0 Å². The van der Waals surface area contributed by atoms with E-state index < -0.39 is 0 Å². The van der Waals surface area contributed by atoms with E-state index in [-0.39, 0.29) is 5.91 Å². The van der Waals surface area contributed by atoms with Gasteiger partial charge in [-0.2, -0.15) is 5.10 Å². The standard InChI is InChI=1S/C22H31N5O/c1-2-26-11-13-27(14-12-26)16-18-9-7-17(8-10-18)15-23-22(28)21-19-5-3-4-6-20(19)24-25-21/h7-10H,2-6,11-16H2,1H3,(H,23,28)(H,24,25). The van der Waals surface area contributed by atoms with Gasteiger partial charge in [-0.1, -0.05) is 31.2 Å². The summed E-state index contributed by atoms with van der Waals surface area (Å²) >= 11 is 0. The zero-order valence-electron chi connectivity index (χ0n) is 16.8. The van der Waals surface area contributed by atoms with Crippen molar-refractivity contribution in [2.45, 2.75) is 45.7 Å². The number of benzene rings is 1. The number of hydrogen-bond acceptors (Lipinski definition) is 4. The average Bonchev–Trinajstić information content (AvgIpc) is 3.18. The fourth-order valence-corrected chi connectivity index (χ4v) is 4.22. The van der Waals surface area contributed by atoms with Crippen molar-refractivity contribution in [3.63, 3.8) is 0 Å². The van der Waals surface area contributed by atoms with E-state index in [1.807, 2.05) is 0 Å². The SMILES string of the molecule is CCN1CCN(Cc2ccc(CNC(=O)c3n[nH]c4c3CCCC4)cc2)CC1. The minimum Gasteiger partial charge on any atom is -0.347 e. The van der Waals surface area contributed by atoms with Gasteiger partial charge in [0, 0.05) is 50.5 Å². The van der Waals surface area contributed by atoms with Gasteiger partial charge >= 0.3 is 0 Å². The summed E-state index contributed by atoms with van der Waals surface area (Å²) in [4.78, 5) is 17.5. The van der Waals surface area contributed by atoms with Gasteiger partial charge in [0.15, 0.2) is 5.69 Å². The molecule has 1 aliphatic carbocycles. The van der Waals surface area contributed by atoms with Crippen LogP contribution >= 0.6 is 0 Å². The Morgan fingerprint density at radius 2 is 1.71 bits per heavy atom. The highest BCUT2D eigenvalue weighted by molar-refractivity contribution is 5.94. The number of piperazine rings is 1. The molecule has 0 spiro atoms. The average molecular weight is 382 g/mol. The molecule has 2 heterocycles. The fraction of sp³-hybridized carbons (Fsp3) is 0.545. The molecule has 150 valence electrons. The predicted molar refractivity (Wildman–Crippen MR) is 110 cm³/mol. The Morgan fingerprint density at radius 1 is 1.04 bits per heavy atom. The minimum absolute atomic E-state index is 0.0720. The Bertz CT molecular complexity index is 790. The molecule has 4 rings (SSSR count). The van der Waals surface area contributed by atoms with Crippen LogP contribution in [0.1, 0.15) is 52.6 Å². The smallest absolute Gasteiger partial charge is 0.272 e. The van der Waals surface area contributed by atoms with Crippen LogP contribution in [0.4, 0.5) is 0 Å². The molecular formula is C22H31N5O. The van der Waals surface area contributed by atoms with E-state index in [1.54, 1.807) is 0 Å². The van der Waals surface area contributed by atoms with Crippen LogP contribution < -0.4 is 5.32 Å². The molecule has 0 radical (unpaired) electrons. The summed E-state index contributed by atoms with van der Waals surface area (Å²) in [6.45, 7) is 9.52. The minimum atomic E-state index is -0.0720. The van der Waals surface area contributed by atoms with Crippen LogP contribution in [0.2, 0.25) is 0 Å². The van der Waals surface area contributed by atoms with Crippen molar-refractivity contribution in [1.82, 2.24) is 25.3 Å². The summed E-state index contributed by atoms with van der Waals surface area (Å²) in [6, 6.07) is 8.62. The van der Waals surface area contributed by atoms with Crippen LogP contribution in [0.25, 0.3) is 0 Å². The second kappa shape index (κ2) is 8.88. The highest BCUT2D eigenvalue weighted by Gasteiger charge is 2.21. The highest BCUT2D eigenvalue weighted by atomic mass is 16.1. The topological polar surface area (TPSA) is 64.3 Å². The molecule has 0 bridgehead atoms. The van der Waals surface area contributed by atoms with E-state index in [9.17, 15) is 4.79 Å². The first-order chi connectivity index (χ1) is 13.7. The summed E-state index contributed by atoms with van der Waals surface area (Å²) in [7, 11) is 0. The molecule has 28 heavy (non-hydrogen) atoms. The molecule has 1 saturated heterocycles. The normalized spacial score (nSPS) is 18.0. The molecule has 2 aliphatic rings. The van der Waals surface area contributed by atoms with Crippen molar-refractivity contribution in [2.75, 3.05) is 32.7 Å². The second-order valence-corrected chi connectivity index (χ2v) is 7.95. The Labute approximate surface area is 167 Å². The summed E-state index contributed by atoms with van der Waals surface area (Å²) < 4.78 is 0. The summed E-state index contributed by atoms with van der Waals surface area (Å²) in [5.41, 5.74) is 5.29. The van der Waals surface area contributed by atoms with E-state index >= 15 is 0 Å². The molecule has 1 aromatic carbocycles. The molecular weight excluding hydrogens is 350 g/mol. The van der Waals surface area contributed by atoms with Crippen molar-refractivity contribution in [2.24, 2.45) is 0 Å². The third-order valence-corrected chi connectivity index (χ3v) is 6.07. The Morgan fingerprint density at radius 3 is 2.46 bits per heavy atom. The van der Waals surface area contributed by atoms with Crippen LogP contribution in [0.5, 0.6) is 0 Å². The van der Waals surface area contributed by atoms with Gasteiger partial charge in [-0.05, 0) is 43.4 Å². The lowest BCUT2D eigenvalue weighted by atomic mass is 9.96. The Kier molecular flexibility index (Phi) is 6.07. The summed E-state index contributed by atoms with van der Waals surface area (Å²) in [5.74, 6) is -0.0720. The lowest BCUT2D eigenvalue weighted by molar-refractivity contribution is 0.0945. The van der Waals surface area contributed by atoms with Crippen molar-refractivity contribution in [3.05, 3.63) is 52.3 Å². The molecule has 1 fully saturated rings. The maximum absolute atomic E-state index is 12.5. The number of aromatic amines is 1. The van der Waals surface area contributed by atoms with Gasteiger partial charge < -0.3 is 10.2 Å². The van der Waals surface area contributed by atoms with Crippen molar-refractivity contribution < 1.29 is 4.79 Å².